The zero-order valence-corrected chi connectivity index (χ0v) is 20.8. The van der Waals surface area contributed by atoms with Gasteiger partial charge in [0.1, 0.15) is 0 Å². The van der Waals surface area contributed by atoms with Gasteiger partial charge in [0.25, 0.3) is 0 Å². The van der Waals surface area contributed by atoms with Crippen molar-refractivity contribution in [3.8, 4) is 5.69 Å². The SMILES string of the molecule is Cn1[cH+]n(-c2[c-]cc3ccc4c5c3c2CC=C5CC(C(C)(C)C)=C4)c2ccccc21.[Ir]. The van der Waals surface area contributed by atoms with Crippen LogP contribution < -0.4 is 0 Å². The molecule has 0 aliphatic heterocycles. The molecule has 3 aromatic carbocycles. The van der Waals surface area contributed by atoms with Gasteiger partial charge in [-0.05, 0) is 47.1 Å². The number of hydrogen-bond donors (Lipinski definition) is 0. The molecule has 2 aliphatic rings. The van der Waals surface area contributed by atoms with Gasteiger partial charge in [0.05, 0.1) is 0 Å². The minimum Gasteiger partial charge on any atom is -0.248 e. The molecule has 1 heterocycles. The summed E-state index contributed by atoms with van der Waals surface area (Å²) in [5, 5.41) is 2.72. The number of fused-ring (bicyclic) bond motifs is 1. The maximum atomic E-state index is 3.62. The van der Waals surface area contributed by atoms with Gasteiger partial charge >= 0.3 is 0 Å². The Hall–Kier alpha value is -2.48. The summed E-state index contributed by atoms with van der Waals surface area (Å²) in [6.07, 6.45) is 9.10. The second-order valence-corrected chi connectivity index (χ2v) is 9.72. The zero-order chi connectivity index (χ0) is 20.6. The summed E-state index contributed by atoms with van der Waals surface area (Å²) in [5.41, 5.74) is 11.0. The van der Waals surface area contributed by atoms with Crippen molar-refractivity contribution in [2.24, 2.45) is 12.5 Å². The van der Waals surface area contributed by atoms with Crippen molar-refractivity contribution in [1.29, 1.82) is 0 Å². The van der Waals surface area contributed by atoms with Gasteiger partial charge in [-0.3, -0.25) is 0 Å². The molecule has 2 aliphatic carbocycles. The third kappa shape index (κ3) is 2.98. The molecule has 0 spiro atoms. The van der Waals surface area contributed by atoms with Crippen LogP contribution >= 0.6 is 0 Å². The second kappa shape index (κ2) is 7.02. The Morgan fingerprint density at radius 3 is 2.58 bits per heavy atom. The molecule has 0 unspecified atom stereocenters. The first kappa shape index (κ1) is 20.4. The van der Waals surface area contributed by atoms with E-state index in [0.29, 0.717) is 0 Å². The van der Waals surface area contributed by atoms with E-state index in [1.165, 1.54) is 55.3 Å². The van der Waals surface area contributed by atoms with Crippen molar-refractivity contribution in [1.82, 2.24) is 9.13 Å². The zero-order valence-electron chi connectivity index (χ0n) is 18.4. The number of imidazole rings is 1. The van der Waals surface area contributed by atoms with E-state index in [1.807, 2.05) is 0 Å². The first-order valence-corrected chi connectivity index (χ1v) is 10.8. The number of nitrogens with zero attached hydrogens (tertiary/aromatic N) is 2. The number of aryl methyl sites for hydroxylation is 1. The summed E-state index contributed by atoms with van der Waals surface area (Å²) >= 11 is 0. The maximum absolute atomic E-state index is 3.62. The monoisotopic (exact) mass is 583 g/mol. The van der Waals surface area contributed by atoms with Gasteiger partial charge < -0.3 is 0 Å². The van der Waals surface area contributed by atoms with E-state index in [0.717, 1.165) is 12.8 Å². The molecule has 157 valence electrons. The van der Waals surface area contributed by atoms with Gasteiger partial charge in [-0.25, -0.2) is 4.57 Å². The molecule has 1 radical (unpaired) electrons. The quantitative estimate of drug-likeness (QED) is 0.215. The van der Waals surface area contributed by atoms with Gasteiger partial charge in [0.15, 0.2) is 17.4 Å². The van der Waals surface area contributed by atoms with Crippen LogP contribution in [-0.2, 0) is 33.6 Å². The minimum absolute atomic E-state index is 0. The van der Waals surface area contributed by atoms with Crippen molar-refractivity contribution in [2.45, 2.75) is 33.6 Å². The fourth-order valence-electron chi connectivity index (χ4n) is 5.17. The first-order chi connectivity index (χ1) is 14.4. The van der Waals surface area contributed by atoms with Crippen molar-refractivity contribution < 1.29 is 20.1 Å². The Labute approximate surface area is 197 Å². The maximum Gasteiger partial charge on any atom is 0.188 e. The average molecular weight is 583 g/mol. The van der Waals surface area contributed by atoms with Crippen molar-refractivity contribution in [3.63, 3.8) is 0 Å². The molecule has 6 rings (SSSR count). The Morgan fingerprint density at radius 1 is 1.03 bits per heavy atom. The van der Waals surface area contributed by atoms with Crippen LogP contribution in [0.3, 0.4) is 0 Å². The molecule has 31 heavy (non-hydrogen) atoms. The molecule has 0 N–H and O–H groups in total. The summed E-state index contributed by atoms with van der Waals surface area (Å²) in [6, 6.07) is 19.0. The third-order valence-electron chi connectivity index (χ3n) is 6.82. The molecular formula is C28H26IrN2. The number of para-hydroxylation sites is 2. The molecule has 4 aromatic rings. The van der Waals surface area contributed by atoms with Crippen LogP contribution in [0.25, 0.3) is 39.1 Å². The summed E-state index contributed by atoms with van der Waals surface area (Å²) in [7, 11) is 2.12. The van der Waals surface area contributed by atoms with E-state index in [1.54, 1.807) is 0 Å². The van der Waals surface area contributed by atoms with E-state index < -0.39 is 0 Å². The molecule has 2 nitrogen and oxygen atoms in total. The number of allylic oxidation sites excluding steroid dienone is 3. The molecule has 0 saturated heterocycles. The summed E-state index contributed by atoms with van der Waals surface area (Å²) < 4.78 is 4.50. The van der Waals surface area contributed by atoms with E-state index in [2.05, 4.69) is 104 Å². The van der Waals surface area contributed by atoms with Gasteiger partial charge in [-0.1, -0.05) is 50.1 Å². The van der Waals surface area contributed by atoms with Crippen molar-refractivity contribution in [2.75, 3.05) is 0 Å². The smallest absolute Gasteiger partial charge is 0.188 e. The first-order valence-electron chi connectivity index (χ1n) is 10.8. The Kier molecular flexibility index (Phi) is 4.62. The molecule has 0 atom stereocenters. The van der Waals surface area contributed by atoms with Crippen molar-refractivity contribution in [3.05, 3.63) is 83.2 Å². The fourth-order valence-corrected chi connectivity index (χ4v) is 5.17. The van der Waals surface area contributed by atoms with Crippen LogP contribution in [0.1, 0.15) is 43.9 Å². The fraction of sp³-hybridized carbons (Fsp3) is 0.250. The normalized spacial score (nSPS) is 15.0. The Bertz CT molecular complexity index is 1430. The topological polar surface area (TPSA) is 9.86 Å². The molecular weight excluding hydrogens is 557 g/mol. The number of rotatable bonds is 1. The van der Waals surface area contributed by atoms with Gasteiger partial charge in [0.2, 0.25) is 0 Å². The van der Waals surface area contributed by atoms with E-state index >= 15 is 0 Å². The predicted octanol–water partition coefficient (Wildman–Crippen LogP) is 6.97. The van der Waals surface area contributed by atoms with Crippen molar-refractivity contribution >= 4 is 33.5 Å². The largest absolute Gasteiger partial charge is 0.248 e. The third-order valence-corrected chi connectivity index (χ3v) is 6.82. The molecule has 0 fully saturated rings. The van der Waals surface area contributed by atoms with Crippen LogP contribution in [0.15, 0.2) is 60.4 Å². The van der Waals surface area contributed by atoms with Crippen LogP contribution in [0, 0.1) is 11.5 Å². The Morgan fingerprint density at radius 2 is 1.81 bits per heavy atom. The number of aromatic nitrogens is 2. The van der Waals surface area contributed by atoms with E-state index in [9.17, 15) is 0 Å². The Balaban J connectivity index is 0.00000204. The summed E-state index contributed by atoms with van der Waals surface area (Å²) in [4.78, 5) is 0. The van der Waals surface area contributed by atoms with Crippen LogP contribution in [0.5, 0.6) is 0 Å². The predicted molar refractivity (Wildman–Crippen MR) is 127 cm³/mol. The van der Waals surface area contributed by atoms with Gasteiger partial charge in [-0.15, -0.1) is 22.9 Å². The minimum atomic E-state index is 0. The molecule has 0 saturated carbocycles. The van der Waals surface area contributed by atoms with E-state index in [-0.39, 0.29) is 25.5 Å². The summed E-state index contributed by atoms with van der Waals surface area (Å²) in [5.74, 6) is 0. The van der Waals surface area contributed by atoms with Crippen LogP contribution in [0.2, 0.25) is 0 Å². The summed E-state index contributed by atoms with van der Waals surface area (Å²) in [6.45, 7) is 6.97. The molecule has 0 amide bonds. The second-order valence-electron chi connectivity index (χ2n) is 9.72. The molecule has 0 bridgehead atoms. The average Bonchev–Trinajstić information content (AvgIpc) is 3.07. The molecule has 1 aromatic heterocycles. The molecule has 3 heteroatoms. The van der Waals surface area contributed by atoms with Crippen LogP contribution in [-0.4, -0.2) is 9.13 Å². The van der Waals surface area contributed by atoms with Gasteiger partial charge in [0, 0.05) is 45.0 Å². The van der Waals surface area contributed by atoms with E-state index in [4.69, 9.17) is 0 Å². The number of benzene rings is 3. The number of hydrogen-bond acceptors (Lipinski definition) is 0. The van der Waals surface area contributed by atoms with Gasteiger partial charge in [-0.2, -0.15) is 10.6 Å². The standard InChI is InChI=1S/C28H26N2.Ir/c1-28(2,3)21-15-19-10-9-18-12-14-23(22-13-11-20(16-21)26(19)27(18)22)30-17-29(4)24-7-5-6-8-25(24)30;/h5-12,15,17H,13,16H2,1-4H3;. The van der Waals surface area contributed by atoms with Crippen LogP contribution in [0.4, 0.5) is 0 Å².